The second-order valence-corrected chi connectivity index (χ2v) is 9.74. The van der Waals surface area contributed by atoms with Gasteiger partial charge in [-0.15, -0.1) is 0 Å². The predicted octanol–water partition coefficient (Wildman–Crippen LogP) is 6.44. The zero-order valence-electron chi connectivity index (χ0n) is 21.0. The molecule has 0 amide bonds. The highest BCUT2D eigenvalue weighted by molar-refractivity contribution is 5.91. The first-order valence-electron chi connectivity index (χ1n) is 13.0. The van der Waals surface area contributed by atoms with Crippen LogP contribution in [0.4, 0.5) is 0 Å². The fraction of sp³-hybridized carbons (Fsp3) is 0.923. The number of carbonyl (C=O) groups excluding carboxylic acids is 1. The van der Waals surface area contributed by atoms with Crippen LogP contribution in [0.5, 0.6) is 0 Å². The summed E-state index contributed by atoms with van der Waals surface area (Å²) < 4.78 is 5.91. The summed E-state index contributed by atoms with van der Waals surface area (Å²) in [7, 11) is 0. The number of hydrogen-bond acceptors (Lipinski definition) is 4. The summed E-state index contributed by atoms with van der Waals surface area (Å²) >= 11 is 0. The third-order valence-corrected chi connectivity index (χ3v) is 7.27. The first-order chi connectivity index (χ1) is 14.9. The van der Waals surface area contributed by atoms with E-state index < -0.39 is 16.9 Å². The van der Waals surface area contributed by atoms with E-state index in [9.17, 15) is 14.7 Å². The lowest BCUT2D eigenvalue weighted by molar-refractivity contribution is -0.189. The van der Waals surface area contributed by atoms with Crippen molar-refractivity contribution in [3.05, 3.63) is 0 Å². The van der Waals surface area contributed by atoms with Gasteiger partial charge in [-0.05, 0) is 51.0 Å². The third kappa shape index (κ3) is 6.69. The molecule has 0 aromatic rings. The van der Waals surface area contributed by atoms with E-state index in [4.69, 9.17) is 4.74 Å². The van der Waals surface area contributed by atoms with Crippen molar-refractivity contribution in [3.8, 4) is 0 Å². The van der Waals surface area contributed by atoms with Crippen molar-refractivity contribution in [2.75, 3.05) is 19.7 Å². The van der Waals surface area contributed by atoms with Gasteiger partial charge in [0.05, 0.1) is 12.0 Å². The first-order valence-corrected chi connectivity index (χ1v) is 13.0. The molecule has 182 valence electrons. The maximum absolute atomic E-state index is 14.0. The maximum Gasteiger partial charge on any atom is 0.327 e. The first kappa shape index (κ1) is 27.9. The number of rotatable bonds is 16. The normalized spacial score (nSPS) is 19.7. The standard InChI is InChI=1S/C26H49NO4/c1-6-10-16-25(23(28)29,17-11-7-2)26(18-12-8-3,24(30)31-20-13-9-4)27-19-14-15-22(5)21-27/h22H,6-21H2,1-5H3,(H,28,29). The molecule has 5 nitrogen and oxygen atoms in total. The number of nitrogens with zero attached hydrogens (tertiary/aromatic N) is 1. The fourth-order valence-electron chi connectivity index (χ4n) is 5.41. The number of piperidine rings is 1. The number of ether oxygens (including phenoxy) is 1. The molecule has 1 aliphatic rings. The molecule has 1 fully saturated rings. The van der Waals surface area contributed by atoms with Crippen LogP contribution >= 0.6 is 0 Å². The molecule has 0 aliphatic carbocycles. The Morgan fingerprint density at radius 1 is 0.935 bits per heavy atom. The van der Waals surface area contributed by atoms with Crippen LogP contribution in [0, 0.1) is 11.3 Å². The lowest BCUT2D eigenvalue weighted by Gasteiger charge is -2.54. The van der Waals surface area contributed by atoms with Gasteiger partial charge in [-0.2, -0.15) is 0 Å². The van der Waals surface area contributed by atoms with E-state index >= 15 is 0 Å². The molecule has 31 heavy (non-hydrogen) atoms. The van der Waals surface area contributed by atoms with Crippen LogP contribution in [0.3, 0.4) is 0 Å². The van der Waals surface area contributed by atoms with E-state index in [1.807, 2.05) is 0 Å². The zero-order chi connectivity index (χ0) is 23.3. The summed E-state index contributed by atoms with van der Waals surface area (Å²) in [6.07, 6.45) is 10.8. The summed E-state index contributed by atoms with van der Waals surface area (Å²) in [6, 6.07) is 0. The Bertz CT molecular complexity index is 528. The van der Waals surface area contributed by atoms with Crippen LogP contribution in [-0.4, -0.2) is 47.2 Å². The molecule has 1 aliphatic heterocycles. The molecule has 0 aromatic carbocycles. The average Bonchev–Trinajstić information content (AvgIpc) is 2.75. The molecule has 5 heteroatoms. The van der Waals surface area contributed by atoms with E-state index in [0.29, 0.717) is 31.8 Å². The van der Waals surface area contributed by atoms with Gasteiger partial charge in [0.25, 0.3) is 0 Å². The van der Waals surface area contributed by atoms with Crippen LogP contribution in [0.25, 0.3) is 0 Å². The van der Waals surface area contributed by atoms with Crippen molar-refractivity contribution >= 4 is 11.9 Å². The Morgan fingerprint density at radius 2 is 1.48 bits per heavy atom. The zero-order valence-corrected chi connectivity index (χ0v) is 21.0. The monoisotopic (exact) mass is 439 g/mol. The van der Waals surface area contributed by atoms with E-state index in [-0.39, 0.29) is 5.97 Å². The highest BCUT2D eigenvalue weighted by Crippen LogP contribution is 2.50. The van der Waals surface area contributed by atoms with Crippen molar-refractivity contribution < 1.29 is 19.4 Å². The molecule has 1 N–H and O–H groups in total. The quantitative estimate of drug-likeness (QED) is 0.221. The molecule has 2 unspecified atom stereocenters. The summed E-state index contributed by atoms with van der Waals surface area (Å²) in [5.74, 6) is -0.628. The minimum Gasteiger partial charge on any atom is -0.481 e. The van der Waals surface area contributed by atoms with Crippen molar-refractivity contribution in [2.24, 2.45) is 11.3 Å². The predicted molar refractivity (Wildman–Crippen MR) is 127 cm³/mol. The Hall–Kier alpha value is -1.10. The van der Waals surface area contributed by atoms with Gasteiger partial charge in [0.15, 0.2) is 0 Å². The highest BCUT2D eigenvalue weighted by atomic mass is 16.5. The van der Waals surface area contributed by atoms with Crippen molar-refractivity contribution in [2.45, 2.75) is 124 Å². The van der Waals surface area contributed by atoms with Crippen LogP contribution in [0.15, 0.2) is 0 Å². The number of hydrogen-bond donors (Lipinski definition) is 1. The van der Waals surface area contributed by atoms with Gasteiger partial charge in [-0.1, -0.05) is 79.6 Å². The van der Waals surface area contributed by atoms with Gasteiger partial charge in [-0.3, -0.25) is 14.5 Å². The van der Waals surface area contributed by atoms with E-state index in [1.165, 1.54) is 0 Å². The highest BCUT2D eigenvalue weighted by Gasteiger charge is 2.63. The van der Waals surface area contributed by atoms with E-state index in [0.717, 1.165) is 77.3 Å². The number of carbonyl (C=O) groups is 2. The van der Waals surface area contributed by atoms with Crippen molar-refractivity contribution in [1.29, 1.82) is 0 Å². The number of carboxylic acid groups (broad SMARTS) is 1. The summed E-state index contributed by atoms with van der Waals surface area (Å²) in [5.41, 5.74) is -2.18. The van der Waals surface area contributed by atoms with Crippen LogP contribution in [0.2, 0.25) is 0 Å². The Kier molecular flexibility index (Phi) is 12.7. The molecule has 0 aromatic heterocycles. The summed E-state index contributed by atoms with van der Waals surface area (Å²) in [5, 5.41) is 10.8. The summed E-state index contributed by atoms with van der Waals surface area (Å²) in [4.78, 5) is 29.4. The van der Waals surface area contributed by atoms with E-state index in [2.05, 4.69) is 39.5 Å². The Morgan fingerprint density at radius 3 is 1.97 bits per heavy atom. The largest absolute Gasteiger partial charge is 0.481 e. The molecule has 0 saturated carbocycles. The van der Waals surface area contributed by atoms with Gasteiger partial charge in [0.1, 0.15) is 5.54 Å². The van der Waals surface area contributed by atoms with Crippen LogP contribution in [-0.2, 0) is 14.3 Å². The minimum absolute atomic E-state index is 0.280. The number of likely N-dealkylation sites (tertiary alicyclic amines) is 1. The van der Waals surface area contributed by atoms with Crippen molar-refractivity contribution in [3.63, 3.8) is 0 Å². The summed E-state index contributed by atoms with van der Waals surface area (Å²) in [6.45, 7) is 12.6. The SMILES string of the molecule is CCCCOC(=O)C(CCCC)(N1CCCC(C)C1)C(CCCC)(CCCC)C(=O)O. The van der Waals surface area contributed by atoms with Crippen LogP contribution in [0.1, 0.15) is 118 Å². The van der Waals surface area contributed by atoms with Crippen molar-refractivity contribution in [1.82, 2.24) is 4.90 Å². The van der Waals surface area contributed by atoms with Crippen LogP contribution < -0.4 is 0 Å². The van der Waals surface area contributed by atoms with Gasteiger partial charge in [-0.25, -0.2) is 0 Å². The molecule has 1 saturated heterocycles. The van der Waals surface area contributed by atoms with E-state index in [1.54, 1.807) is 0 Å². The van der Waals surface area contributed by atoms with Gasteiger partial charge in [0, 0.05) is 6.54 Å². The number of esters is 1. The fourth-order valence-corrected chi connectivity index (χ4v) is 5.41. The molecule has 0 spiro atoms. The van der Waals surface area contributed by atoms with Gasteiger partial charge in [0.2, 0.25) is 0 Å². The molecular formula is C26H49NO4. The molecule has 1 heterocycles. The third-order valence-electron chi connectivity index (χ3n) is 7.27. The Labute approximate surface area is 191 Å². The molecule has 2 atom stereocenters. The Balaban J connectivity index is 3.66. The number of unbranched alkanes of at least 4 members (excludes halogenated alkanes) is 4. The second kappa shape index (κ2) is 14.1. The van der Waals surface area contributed by atoms with Gasteiger partial charge >= 0.3 is 11.9 Å². The maximum atomic E-state index is 14.0. The lowest BCUT2D eigenvalue weighted by atomic mass is 9.60. The number of aliphatic carboxylic acids is 1. The molecular weight excluding hydrogens is 390 g/mol. The molecule has 0 radical (unpaired) electrons. The number of carboxylic acids is 1. The second-order valence-electron chi connectivity index (χ2n) is 9.74. The smallest absolute Gasteiger partial charge is 0.327 e. The van der Waals surface area contributed by atoms with Gasteiger partial charge < -0.3 is 9.84 Å². The molecule has 0 bridgehead atoms. The molecule has 1 rings (SSSR count). The average molecular weight is 440 g/mol. The lowest BCUT2D eigenvalue weighted by Crippen LogP contribution is -2.69. The topological polar surface area (TPSA) is 66.8 Å². The minimum atomic E-state index is -1.10.